The number of nitrogens with one attached hydrogen (secondary N) is 3. The van der Waals surface area contributed by atoms with Crippen LogP contribution < -0.4 is 21.7 Å². The molecule has 0 spiro atoms. The van der Waals surface area contributed by atoms with Gasteiger partial charge >= 0.3 is 0 Å². The zero-order chi connectivity index (χ0) is 21.6. The SMILES string of the molecule is CCC(O)(CCNc1nc2ccccc2cc1C(=O)NC(C)N)NC1CCCCC1. The largest absolute Gasteiger partial charge is 0.376 e. The molecule has 0 aliphatic heterocycles. The Morgan fingerprint density at radius 1 is 1.30 bits per heavy atom. The molecule has 2 unspecified atom stereocenters. The van der Waals surface area contributed by atoms with E-state index in [2.05, 4.69) is 20.9 Å². The van der Waals surface area contributed by atoms with E-state index in [1.807, 2.05) is 37.3 Å². The summed E-state index contributed by atoms with van der Waals surface area (Å²) in [7, 11) is 0. The summed E-state index contributed by atoms with van der Waals surface area (Å²) in [5, 5.41) is 21.4. The standard InChI is InChI=1S/C23H35N5O2/c1-3-23(30,28-18-10-5-4-6-11-18)13-14-25-21-19(22(29)26-16(2)24)15-17-9-7-8-12-20(17)27-21/h7-9,12,15-16,18,28,30H,3-6,10-11,13-14,24H2,1-2H3,(H,25,27)(H,26,29). The zero-order valence-electron chi connectivity index (χ0n) is 18.1. The molecule has 7 nitrogen and oxygen atoms in total. The van der Waals surface area contributed by atoms with Gasteiger partial charge in [0.25, 0.3) is 5.91 Å². The van der Waals surface area contributed by atoms with Crippen LogP contribution in [0.2, 0.25) is 0 Å². The molecule has 0 bridgehead atoms. The number of aliphatic hydroxyl groups is 1. The monoisotopic (exact) mass is 413 g/mol. The molecule has 30 heavy (non-hydrogen) atoms. The number of amides is 1. The van der Waals surface area contributed by atoms with Crippen LogP contribution in [0.5, 0.6) is 0 Å². The number of pyridine rings is 1. The van der Waals surface area contributed by atoms with Gasteiger partial charge in [0.05, 0.1) is 17.2 Å². The highest BCUT2D eigenvalue weighted by molar-refractivity contribution is 6.02. The number of hydrogen-bond donors (Lipinski definition) is 5. The van der Waals surface area contributed by atoms with Gasteiger partial charge in [-0.05, 0) is 38.3 Å². The molecule has 1 aliphatic rings. The van der Waals surface area contributed by atoms with Gasteiger partial charge in [0.2, 0.25) is 0 Å². The lowest BCUT2D eigenvalue weighted by Gasteiger charge is -2.35. The van der Waals surface area contributed by atoms with Crippen LogP contribution in [0.25, 0.3) is 10.9 Å². The van der Waals surface area contributed by atoms with Gasteiger partial charge in [0, 0.05) is 24.4 Å². The van der Waals surface area contributed by atoms with Crippen LogP contribution in [0.15, 0.2) is 30.3 Å². The van der Waals surface area contributed by atoms with Gasteiger partial charge in [-0.2, -0.15) is 0 Å². The number of nitrogens with two attached hydrogens (primary N) is 1. The van der Waals surface area contributed by atoms with Crippen molar-refractivity contribution in [2.24, 2.45) is 5.73 Å². The van der Waals surface area contributed by atoms with Crippen molar-refractivity contribution in [2.45, 2.75) is 76.7 Å². The first-order valence-corrected chi connectivity index (χ1v) is 11.1. The van der Waals surface area contributed by atoms with E-state index >= 15 is 0 Å². The van der Waals surface area contributed by atoms with Gasteiger partial charge in [-0.25, -0.2) is 4.98 Å². The van der Waals surface area contributed by atoms with Crippen molar-refractivity contribution in [3.8, 4) is 0 Å². The number of benzene rings is 1. The molecule has 1 fully saturated rings. The Labute approximate surface area is 178 Å². The van der Waals surface area contributed by atoms with Crippen LogP contribution in [0.3, 0.4) is 0 Å². The first kappa shape index (κ1) is 22.5. The molecule has 1 amide bonds. The molecule has 1 heterocycles. The molecule has 2 aromatic rings. The number of nitrogens with zero attached hydrogens (tertiary/aromatic N) is 1. The van der Waals surface area contributed by atoms with E-state index in [0.717, 1.165) is 23.7 Å². The molecule has 3 rings (SSSR count). The van der Waals surface area contributed by atoms with Crippen LogP contribution in [-0.2, 0) is 0 Å². The maximum atomic E-state index is 12.7. The Kier molecular flexibility index (Phi) is 7.64. The fourth-order valence-electron chi connectivity index (χ4n) is 4.07. The minimum atomic E-state index is -0.931. The van der Waals surface area contributed by atoms with Crippen LogP contribution in [0, 0.1) is 0 Å². The lowest BCUT2D eigenvalue weighted by molar-refractivity contribution is -0.0183. The van der Waals surface area contributed by atoms with Crippen LogP contribution in [0.4, 0.5) is 5.82 Å². The van der Waals surface area contributed by atoms with Crippen molar-refractivity contribution >= 4 is 22.6 Å². The minimum absolute atomic E-state index is 0.267. The quantitative estimate of drug-likeness (QED) is 0.404. The van der Waals surface area contributed by atoms with Crippen molar-refractivity contribution < 1.29 is 9.90 Å². The van der Waals surface area contributed by atoms with E-state index in [9.17, 15) is 9.90 Å². The third kappa shape index (κ3) is 5.90. The predicted octanol–water partition coefficient (Wildman–Crippen LogP) is 3.09. The Morgan fingerprint density at radius 2 is 2.03 bits per heavy atom. The van der Waals surface area contributed by atoms with Gasteiger partial charge in [-0.1, -0.05) is 44.4 Å². The maximum Gasteiger partial charge on any atom is 0.256 e. The molecule has 0 saturated heterocycles. The second-order valence-corrected chi connectivity index (χ2v) is 8.38. The van der Waals surface area contributed by atoms with Gasteiger partial charge in [0.15, 0.2) is 0 Å². The number of aromatic nitrogens is 1. The molecule has 1 aromatic carbocycles. The summed E-state index contributed by atoms with van der Waals surface area (Å²) in [4.78, 5) is 17.3. The second-order valence-electron chi connectivity index (χ2n) is 8.38. The van der Waals surface area contributed by atoms with Crippen molar-refractivity contribution in [3.63, 3.8) is 0 Å². The molecule has 2 atom stereocenters. The number of hydrogen-bond acceptors (Lipinski definition) is 6. The fraction of sp³-hybridized carbons (Fsp3) is 0.565. The zero-order valence-corrected chi connectivity index (χ0v) is 18.1. The third-order valence-corrected chi connectivity index (χ3v) is 5.82. The molecular formula is C23H35N5O2. The smallest absolute Gasteiger partial charge is 0.256 e. The van der Waals surface area contributed by atoms with Crippen LogP contribution >= 0.6 is 0 Å². The first-order valence-electron chi connectivity index (χ1n) is 11.1. The number of carbonyl (C=O) groups excluding carboxylic acids is 1. The highest BCUT2D eigenvalue weighted by atomic mass is 16.3. The fourth-order valence-corrected chi connectivity index (χ4v) is 4.07. The van der Waals surface area contributed by atoms with E-state index < -0.39 is 11.9 Å². The van der Waals surface area contributed by atoms with Crippen molar-refractivity contribution in [3.05, 3.63) is 35.9 Å². The number of carbonyl (C=O) groups is 1. The first-order chi connectivity index (χ1) is 14.4. The second kappa shape index (κ2) is 10.2. The van der Waals surface area contributed by atoms with E-state index in [0.29, 0.717) is 36.8 Å². The van der Waals surface area contributed by atoms with E-state index in [4.69, 9.17) is 5.73 Å². The Hall–Kier alpha value is -2.22. The van der Waals surface area contributed by atoms with E-state index in [1.54, 1.807) is 6.92 Å². The average molecular weight is 414 g/mol. The summed E-state index contributed by atoms with van der Waals surface area (Å²) < 4.78 is 0. The van der Waals surface area contributed by atoms with E-state index in [-0.39, 0.29) is 5.91 Å². The Bertz CT molecular complexity index is 851. The van der Waals surface area contributed by atoms with Crippen molar-refractivity contribution in [1.29, 1.82) is 0 Å². The highest BCUT2D eigenvalue weighted by Crippen LogP contribution is 2.24. The van der Waals surface area contributed by atoms with E-state index in [1.165, 1.54) is 19.3 Å². The molecular weight excluding hydrogens is 378 g/mol. The number of rotatable bonds is 9. The van der Waals surface area contributed by atoms with Gasteiger partial charge in [-0.3, -0.25) is 10.1 Å². The van der Waals surface area contributed by atoms with Crippen LogP contribution in [-0.4, -0.2) is 40.5 Å². The predicted molar refractivity (Wildman–Crippen MR) is 121 cm³/mol. The summed E-state index contributed by atoms with van der Waals surface area (Å²) in [6, 6.07) is 9.89. The molecule has 7 heteroatoms. The molecule has 1 aromatic heterocycles. The van der Waals surface area contributed by atoms with Crippen molar-refractivity contribution in [2.75, 3.05) is 11.9 Å². The summed E-state index contributed by atoms with van der Waals surface area (Å²) in [6.07, 6.45) is 6.62. The lowest BCUT2D eigenvalue weighted by Crippen LogP contribution is -2.51. The molecule has 164 valence electrons. The number of para-hydroxylation sites is 1. The summed E-state index contributed by atoms with van der Waals surface area (Å²) in [5.41, 5.74) is 6.07. The molecule has 1 aliphatic carbocycles. The Morgan fingerprint density at radius 3 is 2.73 bits per heavy atom. The third-order valence-electron chi connectivity index (χ3n) is 5.82. The normalized spacial score (nSPS) is 18.0. The maximum absolute atomic E-state index is 12.7. The van der Waals surface area contributed by atoms with Gasteiger partial charge in [0.1, 0.15) is 11.5 Å². The summed E-state index contributed by atoms with van der Waals surface area (Å²) in [6.45, 7) is 4.21. The average Bonchev–Trinajstić information content (AvgIpc) is 2.73. The number of fused-ring (bicyclic) bond motifs is 1. The van der Waals surface area contributed by atoms with Crippen LogP contribution in [0.1, 0.15) is 69.2 Å². The van der Waals surface area contributed by atoms with Gasteiger partial charge < -0.3 is 21.5 Å². The number of anilines is 1. The summed E-state index contributed by atoms with van der Waals surface area (Å²) in [5.74, 6) is 0.236. The van der Waals surface area contributed by atoms with Gasteiger partial charge in [-0.15, -0.1) is 0 Å². The van der Waals surface area contributed by atoms with Crippen molar-refractivity contribution in [1.82, 2.24) is 15.6 Å². The highest BCUT2D eigenvalue weighted by Gasteiger charge is 2.28. The Balaban J connectivity index is 1.72. The topological polar surface area (TPSA) is 112 Å². The summed E-state index contributed by atoms with van der Waals surface area (Å²) >= 11 is 0. The molecule has 0 radical (unpaired) electrons. The lowest BCUT2D eigenvalue weighted by atomic mass is 9.93. The molecule has 6 N–H and O–H groups in total. The molecule has 1 saturated carbocycles. The minimum Gasteiger partial charge on any atom is -0.376 e.